The summed E-state index contributed by atoms with van der Waals surface area (Å²) in [6.45, 7) is 0. The van der Waals surface area contributed by atoms with Crippen LogP contribution in [0.2, 0.25) is 0 Å². The highest BCUT2D eigenvalue weighted by Crippen LogP contribution is 2.03. The molecule has 0 aliphatic heterocycles. The first kappa shape index (κ1) is 29.5. The van der Waals surface area contributed by atoms with E-state index in [-0.39, 0.29) is 19.3 Å². The fourth-order valence-corrected chi connectivity index (χ4v) is 2.91. The molecule has 1 aromatic rings. The van der Waals surface area contributed by atoms with Crippen LogP contribution in [0.25, 0.3) is 0 Å². The number of primary amides is 3. The largest absolute Gasteiger partial charge is 0.480 e. The average molecular weight is 511 g/mol. The summed E-state index contributed by atoms with van der Waals surface area (Å²) < 4.78 is 0. The van der Waals surface area contributed by atoms with Crippen LogP contribution < -0.4 is 38.9 Å². The van der Waals surface area contributed by atoms with E-state index in [1.807, 2.05) is 0 Å². The fraction of sp³-hybridized carbons (Fsp3) is 0.474. The van der Waals surface area contributed by atoms with E-state index in [0.29, 0.717) is 5.69 Å². The van der Waals surface area contributed by atoms with Gasteiger partial charge in [0.2, 0.25) is 35.4 Å². The molecule has 198 valence electrons. The van der Waals surface area contributed by atoms with Crippen molar-refractivity contribution in [2.75, 3.05) is 0 Å². The van der Waals surface area contributed by atoms with Crippen molar-refractivity contribution >= 4 is 41.4 Å². The number of nitrogens with two attached hydrogens (primary N) is 4. The van der Waals surface area contributed by atoms with Gasteiger partial charge in [0, 0.05) is 24.7 Å². The molecule has 36 heavy (non-hydrogen) atoms. The molecule has 0 aromatic carbocycles. The van der Waals surface area contributed by atoms with E-state index in [1.54, 1.807) is 0 Å². The second-order valence-electron chi connectivity index (χ2n) is 7.76. The van der Waals surface area contributed by atoms with Crippen LogP contribution in [0.5, 0.6) is 0 Å². The predicted octanol–water partition coefficient (Wildman–Crippen LogP) is -5.17. The van der Waals surface area contributed by atoms with Crippen LogP contribution in [0.3, 0.4) is 0 Å². The molecule has 13 N–H and O–H groups in total. The number of carbonyl (C=O) groups is 7. The van der Waals surface area contributed by atoms with Crippen LogP contribution >= 0.6 is 0 Å². The second kappa shape index (κ2) is 14.0. The van der Waals surface area contributed by atoms with Crippen molar-refractivity contribution in [2.24, 2.45) is 22.9 Å². The summed E-state index contributed by atoms with van der Waals surface area (Å²) in [4.78, 5) is 89.6. The molecule has 0 aliphatic carbocycles. The van der Waals surface area contributed by atoms with Crippen molar-refractivity contribution in [2.45, 2.75) is 56.3 Å². The maximum absolute atomic E-state index is 12.8. The molecule has 4 unspecified atom stereocenters. The van der Waals surface area contributed by atoms with Crippen molar-refractivity contribution in [3.8, 4) is 0 Å². The first-order valence-corrected chi connectivity index (χ1v) is 10.5. The first-order valence-electron chi connectivity index (χ1n) is 10.5. The molecular formula is C19H29N9O8. The normalized spacial score (nSPS) is 13.9. The lowest BCUT2D eigenvalue weighted by molar-refractivity contribution is -0.143. The molecule has 1 aromatic heterocycles. The molecule has 0 saturated heterocycles. The Kier molecular flexibility index (Phi) is 11.5. The van der Waals surface area contributed by atoms with E-state index in [1.165, 1.54) is 12.5 Å². The second-order valence-corrected chi connectivity index (χ2v) is 7.76. The molecule has 1 rings (SSSR count). The predicted molar refractivity (Wildman–Crippen MR) is 120 cm³/mol. The van der Waals surface area contributed by atoms with Crippen molar-refractivity contribution in [3.63, 3.8) is 0 Å². The Balaban J connectivity index is 2.96. The highest BCUT2D eigenvalue weighted by Gasteiger charge is 2.32. The third-order valence-electron chi connectivity index (χ3n) is 4.70. The standard InChI is InChI=1S/C19H29N9O8/c20-9(3-8-6-24-7-25-8)16(32)27-11(4-14(22)30)18(34)28-12(5-15(23)31)17(33)26-10(19(35)36)1-2-13(21)29/h6-7,9-12H,1-5,20H2,(H2,21,29)(H2,22,30)(H2,23,31)(H,24,25)(H,26,33)(H,27,32)(H,28,34)(H,35,36). The zero-order chi connectivity index (χ0) is 27.4. The molecule has 6 amide bonds. The molecule has 17 nitrogen and oxygen atoms in total. The van der Waals surface area contributed by atoms with Gasteiger partial charge in [-0.25, -0.2) is 9.78 Å². The van der Waals surface area contributed by atoms with Crippen LogP contribution in [0.1, 0.15) is 31.4 Å². The minimum Gasteiger partial charge on any atom is -0.480 e. The van der Waals surface area contributed by atoms with Gasteiger partial charge in [-0.2, -0.15) is 0 Å². The lowest BCUT2D eigenvalue weighted by atomic mass is 10.1. The van der Waals surface area contributed by atoms with Gasteiger partial charge in [0.25, 0.3) is 0 Å². The van der Waals surface area contributed by atoms with Gasteiger partial charge >= 0.3 is 5.97 Å². The number of nitrogens with zero attached hydrogens (tertiary/aromatic N) is 1. The quantitative estimate of drug-likeness (QED) is 0.102. The number of imidazole rings is 1. The van der Waals surface area contributed by atoms with E-state index < -0.39 is 78.4 Å². The molecular weight excluding hydrogens is 482 g/mol. The third-order valence-corrected chi connectivity index (χ3v) is 4.70. The number of aliphatic carboxylic acids is 1. The molecule has 0 spiro atoms. The molecule has 0 radical (unpaired) electrons. The molecule has 0 saturated carbocycles. The van der Waals surface area contributed by atoms with Crippen LogP contribution in [-0.4, -0.2) is 80.7 Å². The van der Waals surface area contributed by atoms with Gasteiger partial charge in [0.15, 0.2) is 0 Å². The van der Waals surface area contributed by atoms with E-state index >= 15 is 0 Å². The summed E-state index contributed by atoms with van der Waals surface area (Å²) in [6, 6.07) is -5.99. The lowest BCUT2D eigenvalue weighted by Gasteiger charge is -2.24. The Morgan fingerprint density at radius 2 is 1.33 bits per heavy atom. The van der Waals surface area contributed by atoms with Gasteiger partial charge in [-0.1, -0.05) is 0 Å². The molecule has 0 aliphatic rings. The van der Waals surface area contributed by atoms with E-state index in [4.69, 9.17) is 22.9 Å². The van der Waals surface area contributed by atoms with Gasteiger partial charge in [-0.15, -0.1) is 0 Å². The molecule has 4 atom stereocenters. The van der Waals surface area contributed by atoms with E-state index in [2.05, 4.69) is 25.9 Å². The summed E-state index contributed by atoms with van der Waals surface area (Å²) in [5.41, 5.74) is 21.6. The zero-order valence-electron chi connectivity index (χ0n) is 19.1. The summed E-state index contributed by atoms with van der Waals surface area (Å²) >= 11 is 0. The van der Waals surface area contributed by atoms with Crippen molar-refractivity contribution in [1.29, 1.82) is 0 Å². The molecule has 17 heteroatoms. The number of carboxylic acids is 1. The molecule has 1 heterocycles. The minimum absolute atomic E-state index is 0.0192. The minimum atomic E-state index is -1.68. The van der Waals surface area contributed by atoms with Gasteiger partial charge in [-0.3, -0.25) is 28.8 Å². The number of aromatic amines is 1. The number of aromatic nitrogens is 2. The first-order chi connectivity index (χ1) is 16.8. The van der Waals surface area contributed by atoms with E-state index in [0.717, 1.165) is 0 Å². The zero-order valence-corrected chi connectivity index (χ0v) is 19.1. The summed E-state index contributed by atoms with van der Waals surface area (Å²) in [7, 11) is 0. The Bertz CT molecular complexity index is 982. The number of carbonyl (C=O) groups excluding carboxylic acids is 6. The highest BCUT2D eigenvalue weighted by molar-refractivity contribution is 5.97. The fourth-order valence-electron chi connectivity index (χ4n) is 2.91. The third kappa shape index (κ3) is 10.6. The van der Waals surface area contributed by atoms with Crippen LogP contribution in [0.4, 0.5) is 0 Å². The molecule has 0 bridgehead atoms. The van der Waals surface area contributed by atoms with Crippen LogP contribution in [-0.2, 0) is 40.0 Å². The monoisotopic (exact) mass is 511 g/mol. The average Bonchev–Trinajstić information content (AvgIpc) is 3.27. The topological polar surface area (TPSA) is 309 Å². The number of hydrogen-bond acceptors (Lipinski definition) is 9. The van der Waals surface area contributed by atoms with Gasteiger partial charge in [0.05, 0.1) is 25.2 Å². The number of amides is 6. The number of nitrogens with one attached hydrogen (secondary N) is 4. The number of rotatable bonds is 16. The van der Waals surface area contributed by atoms with Gasteiger partial charge < -0.3 is 49.0 Å². The Morgan fingerprint density at radius 1 is 0.833 bits per heavy atom. The van der Waals surface area contributed by atoms with Crippen molar-refractivity contribution in [1.82, 2.24) is 25.9 Å². The summed E-state index contributed by atoms with van der Waals surface area (Å²) in [6.07, 6.45) is 0.659. The van der Waals surface area contributed by atoms with Gasteiger partial charge in [0.1, 0.15) is 18.1 Å². The smallest absolute Gasteiger partial charge is 0.326 e. The van der Waals surface area contributed by atoms with Gasteiger partial charge in [-0.05, 0) is 6.42 Å². The Hall–Kier alpha value is -4.54. The number of carboxylic acid groups (broad SMARTS) is 1. The maximum Gasteiger partial charge on any atom is 0.326 e. The number of H-pyrrole nitrogens is 1. The lowest BCUT2D eigenvalue weighted by Crippen LogP contribution is -2.58. The summed E-state index contributed by atoms with van der Waals surface area (Å²) in [5, 5.41) is 15.7. The highest BCUT2D eigenvalue weighted by atomic mass is 16.4. The maximum atomic E-state index is 12.8. The summed E-state index contributed by atoms with van der Waals surface area (Å²) in [5.74, 6) is -7.38. The van der Waals surface area contributed by atoms with Crippen molar-refractivity contribution < 1.29 is 38.7 Å². The SMILES string of the molecule is NC(=O)CCC(NC(=O)C(CC(N)=O)NC(=O)C(CC(N)=O)NC(=O)C(N)Cc1cnc[nH]1)C(=O)O. The van der Waals surface area contributed by atoms with Crippen LogP contribution in [0, 0.1) is 0 Å². The van der Waals surface area contributed by atoms with E-state index in [9.17, 15) is 38.7 Å². The van der Waals surface area contributed by atoms with Crippen molar-refractivity contribution in [3.05, 3.63) is 18.2 Å². The Labute approximate surface area is 204 Å². The Morgan fingerprint density at radius 3 is 1.75 bits per heavy atom. The van der Waals surface area contributed by atoms with Crippen LogP contribution in [0.15, 0.2) is 12.5 Å². The number of hydrogen-bond donors (Lipinski definition) is 9. The molecule has 0 fully saturated rings.